The fourth-order valence-corrected chi connectivity index (χ4v) is 4.75. The van der Waals surface area contributed by atoms with Crippen LogP contribution in [-0.4, -0.2) is 39.8 Å². The number of benzene rings is 2. The van der Waals surface area contributed by atoms with Gasteiger partial charge in [-0.3, -0.25) is 19.9 Å². The maximum atomic E-state index is 14.5. The van der Waals surface area contributed by atoms with Gasteiger partial charge in [0.1, 0.15) is 5.69 Å². The molecule has 1 atom stereocenters. The summed E-state index contributed by atoms with van der Waals surface area (Å²) in [7, 11) is 1.27. The third kappa shape index (κ3) is 6.36. The summed E-state index contributed by atoms with van der Waals surface area (Å²) in [6.45, 7) is 0. The number of rotatable bonds is 4. The Hall–Kier alpha value is -4.77. The van der Waals surface area contributed by atoms with E-state index in [0.29, 0.717) is 41.9 Å². The van der Waals surface area contributed by atoms with E-state index in [2.05, 4.69) is 30.8 Å². The minimum atomic E-state index is -0.637. The SMILES string of the molecule is COC(=O)Nc1ccc2c(c1)NC(=O)CCCC[C@H](NC(=O)c1cnn(-c3cccc(Cl)c3F)c1)c1cc-2ccn1. The average Bonchev–Trinajstić information content (AvgIpc) is 3.46. The van der Waals surface area contributed by atoms with E-state index >= 15 is 0 Å². The van der Waals surface area contributed by atoms with Crippen molar-refractivity contribution in [2.45, 2.75) is 31.7 Å². The number of aromatic nitrogens is 3. The number of halogens is 2. The van der Waals surface area contributed by atoms with E-state index < -0.39 is 23.9 Å². The van der Waals surface area contributed by atoms with Crippen LogP contribution < -0.4 is 16.0 Å². The largest absolute Gasteiger partial charge is 0.453 e. The molecule has 0 radical (unpaired) electrons. The number of nitrogens with one attached hydrogen (secondary N) is 3. The van der Waals surface area contributed by atoms with Gasteiger partial charge in [-0.1, -0.05) is 30.2 Å². The first-order chi connectivity index (χ1) is 19.8. The Kier molecular flexibility index (Phi) is 8.25. The highest BCUT2D eigenvalue weighted by atomic mass is 35.5. The number of pyridine rings is 1. The second-order valence-electron chi connectivity index (χ2n) is 9.41. The molecule has 0 unspecified atom stereocenters. The number of amides is 3. The van der Waals surface area contributed by atoms with Crippen molar-refractivity contribution >= 4 is 40.9 Å². The van der Waals surface area contributed by atoms with Crippen LogP contribution in [0.5, 0.6) is 0 Å². The highest BCUT2D eigenvalue weighted by Gasteiger charge is 2.21. The number of carbonyl (C=O) groups is 3. The maximum Gasteiger partial charge on any atom is 0.411 e. The molecule has 12 heteroatoms. The lowest BCUT2D eigenvalue weighted by Crippen LogP contribution is -2.29. The maximum absolute atomic E-state index is 14.5. The van der Waals surface area contributed by atoms with Crippen molar-refractivity contribution < 1.29 is 23.5 Å². The van der Waals surface area contributed by atoms with Gasteiger partial charge in [-0.2, -0.15) is 5.10 Å². The number of fused-ring (bicyclic) bond motifs is 4. The van der Waals surface area contributed by atoms with Crippen molar-refractivity contribution in [3.8, 4) is 16.8 Å². The highest BCUT2D eigenvalue weighted by Crippen LogP contribution is 2.33. The standard InChI is InChI=1S/C29H26ClFN6O4/c1-41-29(40)34-19-9-10-20-17-11-12-32-24(13-17)22(6-2-3-8-26(38)35-23(20)14-19)36-28(39)18-15-33-37(16-18)25-7-4-5-21(30)27(25)31/h4-5,7,9-16,22H,2-3,6,8H2,1H3,(H,34,40)(H,35,38)(H,36,39)/t22-/m0/s1. The van der Waals surface area contributed by atoms with Gasteiger partial charge in [0.05, 0.1) is 41.3 Å². The molecule has 0 saturated carbocycles. The minimum absolute atomic E-state index is 0.0469. The van der Waals surface area contributed by atoms with Crippen molar-refractivity contribution in [3.05, 3.63) is 89.2 Å². The summed E-state index contributed by atoms with van der Waals surface area (Å²) in [5, 5.41) is 12.7. The lowest BCUT2D eigenvalue weighted by atomic mass is 9.98. The van der Waals surface area contributed by atoms with Gasteiger partial charge in [-0.05, 0) is 54.8 Å². The van der Waals surface area contributed by atoms with Crippen LogP contribution in [-0.2, 0) is 9.53 Å². The van der Waals surface area contributed by atoms with E-state index in [1.807, 2.05) is 6.07 Å². The average molecular weight is 577 g/mol. The van der Waals surface area contributed by atoms with Gasteiger partial charge in [-0.15, -0.1) is 0 Å². The molecule has 3 amide bonds. The predicted molar refractivity (Wildman–Crippen MR) is 152 cm³/mol. The fraction of sp³-hybridized carbons (Fsp3) is 0.207. The quantitative estimate of drug-likeness (QED) is 0.278. The Balaban J connectivity index is 1.43. The molecule has 3 heterocycles. The van der Waals surface area contributed by atoms with Crippen molar-refractivity contribution in [1.82, 2.24) is 20.1 Å². The number of anilines is 2. The number of hydrogen-bond acceptors (Lipinski definition) is 6. The van der Waals surface area contributed by atoms with Gasteiger partial charge in [0.2, 0.25) is 5.91 Å². The van der Waals surface area contributed by atoms with Crippen LogP contribution in [0, 0.1) is 5.82 Å². The molecule has 0 saturated heterocycles. The molecular formula is C29H26ClFN6O4. The summed E-state index contributed by atoms with van der Waals surface area (Å²) in [4.78, 5) is 42.2. The van der Waals surface area contributed by atoms with Crippen LogP contribution in [0.1, 0.15) is 47.8 Å². The molecule has 5 rings (SSSR count). The normalized spacial score (nSPS) is 15.0. The lowest BCUT2D eigenvalue weighted by molar-refractivity contribution is -0.116. The van der Waals surface area contributed by atoms with Crippen molar-refractivity contribution in [3.63, 3.8) is 0 Å². The summed E-state index contributed by atoms with van der Waals surface area (Å²) in [5.74, 6) is -1.21. The second kappa shape index (κ2) is 12.2. The topological polar surface area (TPSA) is 127 Å². The first-order valence-corrected chi connectivity index (χ1v) is 13.3. The molecule has 1 aliphatic rings. The van der Waals surface area contributed by atoms with Gasteiger partial charge < -0.3 is 15.4 Å². The van der Waals surface area contributed by atoms with E-state index in [9.17, 15) is 18.8 Å². The summed E-state index contributed by atoms with van der Waals surface area (Å²) in [6, 6.07) is 12.9. The minimum Gasteiger partial charge on any atom is -0.453 e. The molecule has 2 aromatic heterocycles. The van der Waals surface area contributed by atoms with Gasteiger partial charge in [0.15, 0.2) is 5.82 Å². The van der Waals surface area contributed by atoms with Crippen molar-refractivity contribution in [1.29, 1.82) is 0 Å². The summed E-state index contributed by atoms with van der Waals surface area (Å²) < 4.78 is 20.4. The molecule has 10 nitrogen and oxygen atoms in total. The van der Waals surface area contributed by atoms with E-state index in [1.165, 1.54) is 36.3 Å². The summed E-state index contributed by atoms with van der Waals surface area (Å²) >= 11 is 5.89. The molecule has 210 valence electrons. The van der Waals surface area contributed by atoms with E-state index in [4.69, 9.17) is 11.6 Å². The van der Waals surface area contributed by atoms with Crippen molar-refractivity contribution in [2.24, 2.45) is 0 Å². The molecule has 3 N–H and O–H groups in total. The van der Waals surface area contributed by atoms with Gasteiger partial charge in [-0.25, -0.2) is 13.9 Å². The summed E-state index contributed by atoms with van der Waals surface area (Å²) in [5.41, 5.74) is 3.45. The third-order valence-corrected chi connectivity index (χ3v) is 6.94. The number of ether oxygens (including phenoxy) is 1. The van der Waals surface area contributed by atoms with Crippen LogP contribution in [0.25, 0.3) is 16.8 Å². The molecule has 2 bridgehead atoms. The van der Waals surface area contributed by atoms with Crippen LogP contribution in [0.4, 0.5) is 20.6 Å². The Bertz CT molecular complexity index is 1620. The zero-order chi connectivity index (χ0) is 28.9. The molecule has 2 aromatic carbocycles. The smallest absolute Gasteiger partial charge is 0.411 e. The molecule has 0 aliphatic carbocycles. The number of carbonyl (C=O) groups excluding carboxylic acids is 3. The van der Waals surface area contributed by atoms with Crippen LogP contribution in [0.15, 0.2) is 67.1 Å². The Labute approximate surface area is 239 Å². The van der Waals surface area contributed by atoms with Crippen LogP contribution in [0.3, 0.4) is 0 Å². The Morgan fingerprint density at radius 2 is 2.02 bits per heavy atom. The van der Waals surface area contributed by atoms with Gasteiger partial charge >= 0.3 is 6.09 Å². The first kappa shape index (κ1) is 27.8. The molecule has 41 heavy (non-hydrogen) atoms. The highest BCUT2D eigenvalue weighted by molar-refractivity contribution is 6.30. The Morgan fingerprint density at radius 1 is 1.17 bits per heavy atom. The molecule has 1 aliphatic heterocycles. The van der Waals surface area contributed by atoms with E-state index in [1.54, 1.807) is 36.5 Å². The van der Waals surface area contributed by atoms with Gasteiger partial charge in [0.25, 0.3) is 5.91 Å². The number of nitrogens with zero attached hydrogens (tertiary/aromatic N) is 3. The zero-order valence-electron chi connectivity index (χ0n) is 22.0. The van der Waals surface area contributed by atoms with E-state index in [0.717, 1.165) is 5.56 Å². The van der Waals surface area contributed by atoms with Gasteiger partial charge in [0, 0.05) is 30.1 Å². The molecule has 4 aromatic rings. The number of methoxy groups -OCH3 is 1. The molecular weight excluding hydrogens is 551 g/mol. The fourth-order valence-electron chi connectivity index (χ4n) is 4.58. The lowest BCUT2D eigenvalue weighted by Gasteiger charge is -2.21. The number of hydrogen-bond donors (Lipinski definition) is 3. The van der Waals surface area contributed by atoms with Crippen LogP contribution in [0.2, 0.25) is 5.02 Å². The summed E-state index contributed by atoms with van der Waals surface area (Å²) in [6.07, 6.45) is 5.85. The Morgan fingerprint density at radius 3 is 2.85 bits per heavy atom. The monoisotopic (exact) mass is 576 g/mol. The van der Waals surface area contributed by atoms with Crippen LogP contribution >= 0.6 is 11.6 Å². The first-order valence-electron chi connectivity index (χ1n) is 12.9. The van der Waals surface area contributed by atoms with Crippen molar-refractivity contribution in [2.75, 3.05) is 17.7 Å². The molecule has 0 spiro atoms. The zero-order valence-corrected chi connectivity index (χ0v) is 22.7. The molecule has 0 fully saturated rings. The predicted octanol–water partition coefficient (Wildman–Crippen LogP) is 5.89. The van der Waals surface area contributed by atoms with E-state index in [-0.39, 0.29) is 28.6 Å². The third-order valence-electron chi connectivity index (χ3n) is 6.65. The second-order valence-corrected chi connectivity index (χ2v) is 9.82.